The van der Waals surface area contributed by atoms with E-state index in [0.717, 1.165) is 5.56 Å². The number of halogens is 2. The van der Waals surface area contributed by atoms with Gasteiger partial charge in [-0.1, -0.05) is 29.8 Å². The van der Waals surface area contributed by atoms with E-state index < -0.39 is 17.9 Å². The highest BCUT2D eigenvalue weighted by molar-refractivity contribution is 9.10. The molecule has 8 nitrogen and oxygen atoms in total. The first-order chi connectivity index (χ1) is 12.8. The number of aromatic nitrogens is 4. The maximum Gasteiger partial charge on any atom is 0.328 e. The minimum atomic E-state index is -1.04. The first-order valence-electron chi connectivity index (χ1n) is 7.90. The van der Waals surface area contributed by atoms with Crippen LogP contribution in [0.2, 0.25) is 5.02 Å². The number of hydrogen-bond donors (Lipinski definition) is 2. The number of carbonyl (C=O) groups excluding carboxylic acids is 1. The van der Waals surface area contributed by atoms with E-state index in [4.69, 9.17) is 16.7 Å². The monoisotopic (exact) mass is 451 g/mol. The minimum absolute atomic E-state index is 0.232. The van der Waals surface area contributed by atoms with Crippen molar-refractivity contribution in [3.63, 3.8) is 0 Å². The van der Waals surface area contributed by atoms with Crippen LogP contribution < -0.4 is 5.32 Å². The molecule has 0 aliphatic carbocycles. The third kappa shape index (κ3) is 4.37. The molecule has 3 rings (SSSR count). The van der Waals surface area contributed by atoms with Crippen molar-refractivity contribution >= 4 is 45.2 Å². The molecule has 10 heteroatoms. The molecule has 0 saturated carbocycles. The summed E-state index contributed by atoms with van der Waals surface area (Å²) in [5, 5.41) is 20.6. The van der Waals surface area contributed by atoms with Gasteiger partial charge in [-0.2, -0.15) is 10.2 Å². The zero-order chi connectivity index (χ0) is 19.6. The number of aliphatic carboxylic acids is 1. The van der Waals surface area contributed by atoms with E-state index in [1.165, 1.54) is 24.0 Å². The molecule has 0 spiro atoms. The van der Waals surface area contributed by atoms with Crippen LogP contribution >= 0.6 is 27.5 Å². The minimum Gasteiger partial charge on any atom is -0.480 e. The molecule has 0 fully saturated rings. The average Bonchev–Trinajstić information content (AvgIpc) is 3.24. The van der Waals surface area contributed by atoms with Crippen LogP contribution in [0.3, 0.4) is 0 Å². The second kappa shape index (κ2) is 7.93. The Morgan fingerprint density at radius 3 is 2.78 bits per heavy atom. The molecule has 2 aromatic heterocycles. The van der Waals surface area contributed by atoms with E-state index in [9.17, 15) is 9.59 Å². The van der Waals surface area contributed by atoms with Crippen molar-refractivity contribution in [3.05, 3.63) is 63.5 Å². The van der Waals surface area contributed by atoms with E-state index >= 15 is 0 Å². The van der Waals surface area contributed by atoms with Crippen molar-refractivity contribution < 1.29 is 14.7 Å². The van der Waals surface area contributed by atoms with Gasteiger partial charge in [-0.25, -0.2) is 4.79 Å². The maximum absolute atomic E-state index is 12.4. The van der Waals surface area contributed by atoms with Crippen LogP contribution in [-0.4, -0.2) is 36.5 Å². The van der Waals surface area contributed by atoms with Crippen LogP contribution in [0.1, 0.15) is 28.9 Å². The summed E-state index contributed by atoms with van der Waals surface area (Å²) >= 11 is 9.53. The van der Waals surface area contributed by atoms with Gasteiger partial charge in [-0.3, -0.25) is 14.2 Å². The van der Waals surface area contributed by atoms with E-state index in [2.05, 4.69) is 31.4 Å². The largest absolute Gasteiger partial charge is 0.480 e. The van der Waals surface area contributed by atoms with Crippen molar-refractivity contribution in [3.8, 4) is 0 Å². The van der Waals surface area contributed by atoms with Crippen molar-refractivity contribution in [2.24, 2.45) is 0 Å². The predicted molar refractivity (Wildman–Crippen MR) is 103 cm³/mol. The van der Waals surface area contributed by atoms with E-state index in [0.29, 0.717) is 21.9 Å². The highest BCUT2D eigenvalue weighted by atomic mass is 79.9. The fourth-order valence-corrected chi connectivity index (χ4v) is 2.93. The van der Waals surface area contributed by atoms with Crippen molar-refractivity contribution in [1.82, 2.24) is 19.6 Å². The third-order valence-electron chi connectivity index (χ3n) is 3.86. The van der Waals surface area contributed by atoms with Crippen molar-refractivity contribution in [2.45, 2.75) is 19.5 Å². The SMILES string of the molecule is CC(C(=O)O)n1cc(C(=O)Nc2nn(Cc3ccccc3Cl)cc2Br)cn1. The van der Waals surface area contributed by atoms with Crippen LogP contribution in [0.5, 0.6) is 0 Å². The Morgan fingerprint density at radius 2 is 2.07 bits per heavy atom. The molecule has 0 aliphatic rings. The Morgan fingerprint density at radius 1 is 1.33 bits per heavy atom. The molecule has 140 valence electrons. The predicted octanol–water partition coefficient (Wildman–Crippen LogP) is 3.44. The smallest absolute Gasteiger partial charge is 0.328 e. The second-order valence-electron chi connectivity index (χ2n) is 5.79. The summed E-state index contributed by atoms with van der Waals surface area (Å²) in [6, 6.07) is 6.57. The Labute approximate surface area is 167 Å². The molecular formula is C17H15BrClN5O3. The normalized spacial score (nSPS) is 12.0. The van der Waals surface area contributed by atoms with Gasteiger partial charge in [0.25, 0.3) is 5.91 Å². The lowest BCUT2D eigenvalue weighted by atomic mass is 10.2. The number of anilines is 1. The molecular weight excluding hydrogens is 438 g/mol. The Kier molecular flexibility index (Phi) is 5.62. The molecule has 3 aromatic rings. The summed E-state index contributed by atoms with van der Waals surface area (Å²) in [6.07, 6.45) is 4.42. The third-order valence-corrected chi connectivity index (χ3v) is 4.81. The van der Waals surface area contributed by atoms with E-state index in [-0.39, 0.29) is 5.56 Å². The number of rotatable bonds is 6. The summed E-state index contributed by atoms with van der Waals surface area (Å²) in [6.45, 7) is 1.92. The molecule has 0 radical (unpaired) electrons. The molecule has 0 saturated heterocycles. The van der Waals surface area contributed by atoms with E-state index in [1.807, 2.05) is 18.2 Å². The Bertz CT molecular complexity index is 1000. The summed E-state index contributed by atoms with van der Waals surface area (Å²) in [5.74, 6) is -1.14. The van der Waals surface area contributed by atoms with Gasteiger partial charge < -0.3 is 10.4 Å². The van der Waals surface area contributed by atoms with Gasteiger partial charge >= 0.3 is 5.97 Å². The van der Waals surface area contributed by atoms with Crippen molar-refractivity contribution in [2.75, 3.05) is 5.32 Å². The number of benzene rings is 1. The van der Waals surface area contributed by atoms with Gasteiger partial charge in [0, 0.05) is 17.4 Å². The number of carboxylic acid groups (broad SMARTS) is 1. The van der Waals surface area contributed by atoms with E-state index in [1.54, 1.807) is 16.9 Å². The summed E-state index contributed by atoms with van der Waals surface area (Å²) < 4.78 is 3.47. The van der Waals surface area contributed by atoms with Crippen LogP contribution in [0, 0.1) is 0 Å². The molecule has 0 bridgehead atoms. The Hall–Kier alpha value is -2.65. The fraction of sp³-hybridized carbons (Fsp3) is 0.176. The lowest BCUT2D eigenvalue weighted by Gasteiger charge is -2.05. The molecule has 2 N–H and O–H groups in total. The van der Waals surface area contributed by atoms with Gasteiger partial charge in [-0.15, -0.1) is 0 Å². The lowest BCUT2D eigenvalue weighted by molar-refractivity contribution is -0.140. The number of hydrogen-bond acceptors (Lipinski definition) is 4. The van der Waals surface area contributed by atoms with Crippen LogP contribution in [-0.2, 0) is 11.3 Å². The second-order valence-corrected chi connectivity index (χ2v) is 7.05. The van der Waals surface area contributed by atoms with Gasteiger partial charge in [-0.05, 0) is 34.5 Å². The molecule has 1 atom stereocenters. The quantitative estimate of drug-likeness (QED) is 0.596. The maximum atomic E-state index is 12.4. The van der Waals surface area contributed by atoms with Crippen LogP contribution in [0.25, 0.3) is 0 Å². The average molecular weight is 453 g/mol. The molecule has 0 aliphatic heterocycles. The zero-order valence-corrected chi connectivity index (χ0v) is 16.5. The lowest BCUT2D eigenvalue weighted by Crippen LogP contribution is -2.16. The van der Waals surface area contributed by atoms with Crippen molar-refractivity contribution in [1.29, 1.82) is 0 Å². The van der Waals surface area contributed by atoms with Gasteiger partial charge in [0.1, 0.15) is 6.04 Å². The molecule has 1 unspecified atom stereocenters. The van der Waals surface area contributed by atoms with Gasteiger partial charge in [0.2, 0.25) is 0 Å². The summed E-state index contributed by atoms with van der Waals surface area (Å²) in [5.41, 5.74) is 1.13. The number of amides is 1. The number of nitrogens with one attached hydrogen (secondary N) is 1. The highest BCUT2D eigenvalue weighted by Crippen LogP contribution is 2.23. The summed E-state index contributed by atoms with van der Waals surface area (Å²) in [7, 11) is 0. The summed E-state index contributed by atoms with van der Waals surface area (Å²) in [4.78, 5) is 23.4. The zero-order valence-electron chi connectivity index (χ0n) is 14.1. The Balaban J connectivity index is 1.73. The van der Waals surface area contributed by atoms with Gasteiger partial charge in [0.15, 0.2) is 5.82 Å². The molecule has 1 amide bonds. The first kappa shape index (κ1) is 19.1. The standard InChI is InChI=1S/C17H15BrClN5O3/c1-10(17(26)27)24-8-12(6-20-24)16(25)21-15-13(18)9-23(22-15)7-11-4-2-3-5-14(11)19/h2-6,8-10H,7H2,1H3,(H,26,27)(H,21,22,25). The highest BCUT2D eigenvalue weighted by Gasteiger charge is 2.18. The molecule has 2 heterocycles. The van der Waals surface area contributed by atoms with Crippen LogP contribution in [0.4, 0.5) is 5.82 Å². The number of carboxylic acids is 1. The fourth-order valence-electron chi connectivity index (χ4n) is 2.32. The topological polar surface area (TPSA) is 102 Å². The molecule has 1 aromatic carbocycles. The number of nitrogens with zero attached hydrogens (tertiary/aromatic N) is 4. The number of carbonyl (C=O) groups is 2. The first-order valence-corrected chi connectivity index (χ1v) is 9.07. The van der Waals surface area contributed by atoms with Gasteiger partial charge in [0.05, 0.1) is 22.8 Å². The van der Waals surface area contributed by atoms with Crippen LogP contribution in [0.15, 0.2) is 47.3 Å². The molecule has 27 heavy (non-hydrogen) atoms.